The van der Waals surface area contributed by atoms with Crippen LogP contribution in [0.5, 0.6) is 0 Å². The summed E-state index contributed by atoms with van der Waals surface area (Å²) in [6.45, 7) is 20.3. The fourth-order valence-corrected chi connectivity index (χ4v) is 2.31. The van der Waals surface area contributed by atoms with E-state index < -0.39 is 0 Å². The molecule has 1 aliphatic carbocycles. The summed E-state index contributed by atoms with van der Waals surface area (Å²) in [6, 6.07) is 10.3. The second kappa shape index (κ2) is 34.5. The number of ether oxygens (including phenoxy) is 1. The summed E-state index contributed by atoms with van der Waals surface area (Å²) in [6.07, 6.45) is 5.91. The van der Waals surface area contributed by atoms with Crippen molar-refractivity contribution in [2.75, 3.05) is 7.11 Å². The third-order valence-electron chi connectivity index (χ3n) is 3.36. The molecule has 1 aromatic carbocycles. The number of aryl methyl sites for hydroxylation is 1. The van der Waals surface area contributed by atoms with Crippen LogP contribution in [0.4, 0.5) is 0 Å². The summed E-state index contributed by atoms with van der Waals surface area (Å²) in [4.78, 5) is 0. The van der Waals surface area contributed by atoms with Gasteiger partial charge in [0, 0.05) is 7.11 Å². The van der Waals surface area contributed by atoms with Crippen molar-refractivity contribution in [3.8, 4) is 0 Å². The minimum atomic E-state index is 0. The maximum absolute atomic E-state index is 5.31. The van der Waals surface area contributed by atoms with Gasteiger partial charge in [-0.1, -0.05) is 118 Å². The minimum absolute atomic E-state index is 0. The highest BCUT2D eigenvalue weighted by atomic mass is 16.5. The molecule has 0 aliphatic heterocycles. The zero-order chi connectivity index (χ0) is 19.8. The Kier molecular flexibility index (Phi) is 48.7. The van der Waals surface area contributed by atoms with E-state index in [4.69, 9.17) is 4.74 Å². The summed E-state index contributed by atoms with van der Waals surface area (Å²) < 4.78 is 5.31. The van der Waals surface area contributed by atoms with Gasteiger partial charge in [0.05, 0.1) is 6.10 Å². The molecule has 2 rings (SSSR count). The van der Waals surface area contributed by atoms with Crippen LogP contribution >= 0.6 is 0 Å². The average Bonchev–Trinajstić information content (AvgIpc) is 3.17. The second-order valence-corrected chi connectivity index (χ2v) is 4.53. The van der Waals surface area contributed by atoms with E-state index in [1.807, 2.05) is 80.7 Å². The van der Waals surface area contributed by atoms with E-state index in [2.05, 4.69) is 26.0 Å². The molecule has 1 heteroatoms. The highest BCUT2D eigenvalue weighted by molar-refractivity contribution is 5.11. The molecule has 1 aliphatic rings. The molecule has 0 spiro atoms. The molecule has 0 N–H and O–H groups in total. The zero-order valence-electron chi connectivity index (χ0n) is 18.8. The van der Waals surface area contributed by atoms with Gasteiger partial charge in [0.2, 0.25) is 0 Å². The smallest absolute Gasteiger partial charge is 0.0599 e. The van der Waals surface area contributed by atoms with Crippen molar-refractivity contribution in [3.63, 3.8) is 0 Å². The maximum Gasteiger partial charge on any atom is 0.0599 e. The van der Waals surface area contributed by atoms with E-state index in [9.17, 15) is 0 Å². The fraction of sp³-hybridized carbons (Fsp3) is 0.750. The first-order chi connectivity index (χ1) is 11.8. The molecular formula is C24H52O. The number of rotatable bonds is 2. The Balaban J connectivity index is -0.0000000750. The van der Waals surface area contributed by atoms with Crippen molar-refractivity contribution in [1.29, 1.82) is 0 Å². The highest BCUT2D eigenvalue weighted by Crippen LogP contribution is 2.29. The van der Waals surface area contributed by atoms with Crippen LogP contribution in [0.25, 0.3) is 0 Å². The van der Waals surface area contributed by atoms with E-state index in [1.165, 1.54) is 31.2 Å². The Morgan fingerprint density at radius 1 is 0.840 bits per heavy atom. The Morgan fingerprint density at radius 3 is 1.52 bits per heavy atom. The lowest BCUT2D eigenvalue weighted by Crippen LogP contribution is -2.14. The van der Waals surface area contributed by atoms with Gasteiger partial charge in [0.25, 0.3) is 0 Å². The summed E-state index contributed by atoms with van der Waals surface area (Å²) in [5.41, 5.74) is 1.32. The molecule has 1 saturated carbocycles. The minimum Gasteiger partial charge on any atom is -0.381 e. The summed E-state index contributed by atoms with van der Waals surface area (Å²) in [5, 5.41) is 0. The van der Waals surface area contributed by atoms with Gasteiger partial charge in [0.1, 0.15) is 0 Å². The third-order valence-corrected chi connectivity index (χ3v) is 3.36. The molecule has 0 heterocycles. The molecule has 0 bridgehead atoms. The summed E-state index contributed by atoms with van der Waals surface area (Å²) >= 11 is 0. The van der Waals surface area contributed by atoms with E-state index in [1.54, 1.807) is 0 Å². The fourth-order valence-electron chi connectivity index (χ4n) is 2.31. The normalized spacial score (nSPS) is 16.1. The average molecular weight is 357 g/mol. The van der Waals surface area contributed by atoms with Crippen LogP contribution in [0.1, 0.15) is 101 Å². The molecule has 0 radical (unpaired) electrons. The highest BCUT2D eigenvalue weighted by Gasteiger charge is 2.24. The molecule has 0 amide bonds. The molecular weight excluding hydrogens is 304 g/mol. The summed E-state index contributed by atoms with van der Waals surface area (Å²) in [7, 11) is 1.83. The number of hydrogen-bond donors (Lipinski definition) is 0. The lowest BCUT2D eigenvalue weighted by Gasteiger charge is -2.14. The number of hydrogen-bond acceptors (Lipinski definition) is 1. The van der Waals surface area contributed by atoms with Gasteiger partial charge < -0.3 is 4.74 Å². The Labute approximate surface area is 162 Å². The molecule has 2 atom stereocenters. The molecule has 0 aromatic heterocycles. The predicted molar refractivity (Wildman–Crippen MR) is 122 cm³/mol. The van der Waals surface area contributed by atoms with Crippen LogP contribution in [-0.4, -0.2) is 13.2 Å². The molecule has 1 aromatic rings. The molecule has 1 nitrogen and oxygen atoms in total. The van der Waals surface area contributed by atoms with Crippen LogP contribution in [0.3, 0.4) is 0 Å². The topological polar surface area (TPSA) is 9.23 Å². The van der Waals surface area contributed by atoms with Gasteiger partial charge in [-0.05, 0) is 25.7 Å². The van der Waals surface area contributed by atoms with Gasteiger partial charge >= 0.3 is 0 Å². The van der Waals surface area contributed by atoms with Gasteiger partial charge in [-0.15, -0.1) is 0 Å². The van der Waals surface area contributed by atoms with Gasteiger partial charge in [0.15, 0.2) is 0 Å². The van der Waals surface area contributed by atoms with Crippen molar-refractivity contribution in [3.05, 3.63) is 35.9 Å². The van der Waals surface area contributed by atoms with Crippen LogP contribution in [0.15, 0.2) is 30.3 Å². The van der Waals surface area contributed by atoms with Crippen molar-refractivity contribution >= 4 is 0 Å². The van der Waals surface area contributed by atoms with Crippen LogP contribution < -0.4 is 0 Å². The first kappa shape index (κ1) is 35.3. The van der Waals surface area contributed by atoms with E-state index in [0.717, 1.165) is 5.92 Å². The van der Waals surface area contributed by atoms with E-state index in [0.29, 0.717) is 6.10 Å². The Hall–Kier alpha value is -0.820. The molecule has 1 fully saturated rings. The third kappa shape index (κ3) is 23.2. The lowest BCUT2D eigenvalue weighted by atomic mass is 10.0. The van der Waals surface area contributed by atoms with Crippen LogP contribution in [-0.2, 0) is 4.74 Å². The first-order valence-corrected chi connectivity index (χ1v) is 10.3. The van der Waals surface area contributed by atoms with Crippen molar-refractivity contribution in [2.45, 2.75) is 108 Å². The zero-order valence-corrected chi connectivity index (χ0v) is 18.8. The van der Waals surface area contributed by atoms with E-state index >= 15 is 0 Å². The number of methoxy groups -OCH3 is 1. The number of benzene rings is 1. The second-order valence-electron chi connectivity index (χ2n) is 4.53. The van der Waals surface area contributed by atoms with Crippen molar-refractivity contribution < 1.29 is 4.74 Å². The monoisotopic (exact) mass is 356 g/mol. The summed E-state index contributed by atoms with van der Waals surface area (Å²) in [5.74, 6) is 0.856. The molecule has 25 heavy (non-hydrogen) atoms. The largest absolute Gasteiger partial charge is 0.381 e. The van der Waals surface area contributed by atoms with Crippen LogP contribution in [0, 0.1) is 12.8 Å². The Bertz CT molecular complexity index is 259. The quantitative estimate of drug-likeness (QED) is 0.513. The lowest BCUT2D eigenvalue weighted by molar-refractivity contribution is 0.0699. The van der Waals surface area contributed by atoms with Gasteiger partial charge in [-0.25, -0.2) is 0 Å². The molecule has 0 saturated heterocycles. The maximum atomic E-state index is 5.31. The van der Waals surface area contributed by atoms with Gasteiger partial charge in [-0.3, -0.25) is 0 Å². The molecule has 154 valence electrons. The Morgan fingerprint density at radius 2 is 1.28 bits per heavy atom. The van der Waals surface area contributed by atoms with Gasteiger partial charge in [-0.2, -0.15) is 0 Å². The van der Waals surface area contributed by atoms with Crippen molar-refractivity contribution in [2.24, 2.45) is 5.92 Å². The van der Waals surface area contributed by atoms with E-state index in [-0.39, 0.29) is 7.43 Å². The first-order valence-electron chi connectivity index (χ1n) is 10.3. The SMILES string of the molecule is C.CC.CC.CC.CC.CCC1CCCC1OC.Cc1ccccc1. The molecule has 2 unspecified atom stereocenters. The van der Waals surface area contributed by atoms with Crippen molar-refractivity contribution in [1.82, 2.24) is 0 Å². The standard InChI is InChI=1S/C8H16O.C7H8.4C2H6.CH4/c1-3-7-5-4-6-8(7)9-2;1-7-5-3-2-4-6-7;4*1-2;/h7-8H,3-6H2,1-2H3;2-6H,1H3;4*1-2H3;1H4. The predicted octanol–water partition coefficient (Wildman–Crippen LogP) is 8.95. The van der Waals surface area contributed by atoms with Crippen LogP contribution in [0.2, 0.25) is 0 Å².